The summed E-state index contributed by atoms with van der Waals surface area (Å²) in [5.74, 6) is 0. The van der Waals surface area contributed by atoms with Crippen molar-refractivity contribution in [2.24, 2.45) is 5.73 Å². The Morgan fingerprint density at radius 3 is 2.47 bits per heavy atom. The van der Waals surface area contributed by atoms with Gasteiger partial charge in [-0.15, -0.1) is 0 Å². The summed E-state index contributed by atoms with van der Waals surface area (Å²) >= 11 is 0. The first-order chi connectivity index (χ1) is 8.15. The Morgan fingerprint density at radius 2 is 1.94 bits per heavy atom. The van der Waals surface area contributed by atoms with E-state index in [2.05, 4.69) is 4.84 Å². The van der Waals surface area contributed by atoms with Crippen molar-refractivity contribution in [3.05, 3.63) is 42.0 Å². The Balaban J connectivity index is 2.61. The molecule has 0 bridgehead atoms. The highest BCUT2D eigenvalue weighted by atomic mass is 19.3. The predicted octanol–water partition coefficient (Wildman–Crippen LogP) is 2.07. The molecule has 0 aliphatic rings. The lowest BCUT2D eigenvalue weighted by molar-refractivity contribution is 0.0375. The van der Waals surface area contributed by atoms with Crippen LogP contribution in [-0.2, 0) is 4.84 Å². The fraction of sp³-hybridized carbons (Fsp3) is 0.273. The largest absolute Gasteiger partial charge is 0.328 e. The van der Waals surface area contributed by atoms with Gasteiger partial charge in [0.15, 0.2) is 0 Å². The molecule has 0 fully saturated rings. The summed E-state index contributed by atoms with van der Waals surface area (Å²) in [4.78, 5) is 4.62. The van der Waals surface area contributed by atoms with Crippen LogP contribution in [0.5, 0.6) is 0 Å². The van der Waals surface area contributed by atoms with Gasteiger partial charge in [-0.05, 0) is 0 Å². The van der Waals surface area contributed by atoms with E-state index < -0.39 is 17.9 Å². The fourth-order valence-corrected chi connectivity index (χ4v) is 1.08. The highest BCUT2D eigenvalue weighted by Crippen LogP contribution is 2.17. The normalized spacial score (nSPS) is 12.0. The van der Waals surface area contributed by atoms with E-state index in [0.29, 0.717) is 0 Å². The van der Waals surface area contributed by atoms with Crippen molar-refractivity contribution < 1.29 is 18.0 Å². The van der Waals surface area contributed by atoms with Crippen LogP contribution < -0.4 is 11.2 Å². The Morgan fingerprint density at radius 1 is 1.29 bits per heavy atom. The molecule has 1 aromatic rings. The maximum atomic E-state index is 12.7. The van der Waals surface area contributed by atoms with Gasteiger partial charge in [0.25, 0.3) is 6.08 Å². The molecule has 17 heavy (non-hydrogen) atoms. The summed E-state index contributed by atoms with van der Waals surface area (Å²) in [6.45, 7) is -0.607. The second kappa shape index (κ2) is 6.93. The molecule has 0 spiro atoms. The lowest BCUT2D eigenvalue weighted by Crippen LogP contribution is -2.25. The topological polar surface area (TPSA) is 47.3 Å². The van der Waals surface area contributed by atoms with E-state index in [-0.39, 0.29) is 18.7 Å². The number of hydroxylamine groups is 1. The molecular formula is C11H13F3N2O. The Labute approximate surface area is 97.0 Å². The molecule has 1 rings (SSSR count). The minimum atomic E-state index is -1.93. The molecule has 3 nitrogen and oxygen atoms in total. The van der Waals surface area contributed by atoms with Gasteiger partial charge in [0.1, 0.15) is 18.5 Å². The monoisotopic (exact) mass is 246 g/mol. The molecule has 0 aliphatic heterocycles. The molecule has 0 radical (unpaired) electrons. The number of hydrogen-bond donors (Lipinski definition) is 2. The predicted molar refractivity (Wildman–Crippen MR) is 58.6 cm³/mol. The lowest BCUT2D eigenvalue weighted by atomic mass is 10.2. The molecule has 3 N–H and O–H groups in total. The number of nitrogens with two attached hydrogens (primary N) is 1. The van der Waals surface area contributed by atoms with Crippen LogP contribution in [0.2, 0.25) is 0 Å². The van der Waals surface area contributed by atoms with Gasteiger partial charge in [-0.25, -0.2) is 4.39 Å². The molecule has 1 aromatic carbocycles. The van der Waals surface area contributed by atoms with E-state index in [9.17, 15) is 13.2 Å². The maximum Gasteiger partial charge on any atom is 0.296 e. The molecule has 0 aromatic heterocycles. The average molecular weight is 246 g/mol. The van der Waals surface area contributed by atoms with E-state index in [4.69, 9.17) is 5.73 Å². The van der Waals surface area contributed by atoms with Gasteiger partial charge in [-0.3, -0.25) is 10.3 Å². The smallest absolute Gasteiger partial charge is 0.296 e. The zero-order valence-electron chi connectivity index (χ0n) is 9.00. The van der Waals surface area contributed by atoms with Crippen molar-refractivity contribution in [1.82, 2.24) is 5.48 Å². The first-order valence-electron chi connectivity index (χ1n) is 4.97. The third-order valence-electron chi connectivity index (χ3n) is 1.95. The van der Waals surface area contributed by atoms with Crippen molar-refractivity contribution in [3.8, 4) is 0 Å². The molecule has 1 unspecified atom stereocenters. The summed E-state index contributed by atoms with van der Waals surface area (Å²) in [5.41, 5.74) is 6.83. The first kappa shape index (κ1) is 13.5. The number of rotatable bonds is 6. The van der Waals surface area contributed by atoms with Crippen molar-refractivity contribution in [3.63, 3.8) is 0 Å². The summed E-state index contributed by atoms with van der Waals surface area (Å²) in [7, 11) is 0. The van der Waals surface area contributed by atoms with Crippen LogP contribution in [-0.4, -0.2) is 19.3 Å². The van der Waals surface area contributed by atoms with E-state index in [0.717, 1.165) is 0 Å². The van der Waals surface area contributed by atoms with Crippen LogP contribution in [0, 0.1) is 0 Å². The first-order valence-corrected chi connectivity index (χ1v) is 4.97. The minimum Gasteiger partial charge on any atom is -0.328 e. The van der Waals surface area contributed by atoms with Crippen LogP contribution in [0.1, 0.15) is 5.56 Å². The van der Waals surface area contributed by atoms with E-state index in [1.807, 2.05) is 5.48 Å². The number of halogens is 3. The highest BCUT2D eigenvalue weighted by Gasteiger charge is 2.10. The number of benzene rings is 1. The second-order valence-electron chi connectivity index (χ2n) is 3.25. The van der Waals surface area contributed by atoms with Gasteiger partial charge in [-0.1, -0.05) is 30.3 Å². The number of nitrogens with one attached hydrogen (secondary N) is 1. The second-order valence-corrected chi connectivity index (χ2v) is 3.25. The summed E-state index contributed by atoms with van der Waals surface area (Å²) < 4.78 is 37.9. The SMILES string of the molecule is NCC(F)CONC(=C(F)F)c1ccccc1. The van der Waals surface area contributed by atoms with Crippen molar-refractivity contribution in [2.45, 2.75) is 6.17 Å². The Kier molecular flexibility index (Phi) is 5.51. The molecule has 0 aliphatic carbocycles. The molecule has 0 saturated carbocycles. The Bertz CT molecular complexity index is 366. The molecule has 0 amide bonds. The zero-order valence-corrected chi connectivity index (χ0v) is 9.00. The number of alkyl halides is 1. The van der Waals surface area contributed by atoms with Gasteiger partial charge in [0, 0.05) is 12.1 Å². The van der Waals surface area contributed by atoms with Crippen LogP contribution >= 0.6 is 0 Å². The van der Waals surface area contributed by atoms with E-state index in [1.54, 1.807) is 18.2 Å². The third-order valence-corrected chi connectivity index (χ3v) is 1.95. The van der Waals surface area contributed by atoms with Crippen LogP contribution in [0.15, 0.2) is 36.4 Å². The molecule has 94 valence electrons. The third kappa shape index (κ3) is 4.46. The van der Waals surface area contributed by atoms with Crippen molar-refractivity contribution >= 4 is 5.70 Å². The van der Waals surface area contributed by atoms with Crippen molar-refractivity contribution in [2.75, 3.05) is 13.2 Å². The molecule has 0 heterocycles. The zero-order chi connectivity index (χ0) is 12.7. The minimum absolute atomic E-state index is 0.218. The van der Waals surface area contributed by atoms with Gasteiger partial charge < -0.3 is 5.73 Å². The van der Waals surface area contributed by atoms with Gasteiger partial charge in [0.05, 0.1) is 0 Å². The van der Waals surface area contributed by atoms with E-state index >= 15 is 0 Å². The summed E-state index contributed by atoms with van der Waals surface area (Å²) in [5, 5.41) is 0. The quantitative estimate of drug-likeness (QED) is 0.755. The standard InChI is InChI=1S/C11H13F3N2O/c12-9(6-15)7-17-16-10(11(13)14)8-4-2-1-3-5-8/h1-5,9,16H,6-7,15H2. The molecule has 1 atom stereocenters. The fourth-order valence-electron chi connectivity index (χ4n) is 1.08. The number of hydrogen-bond acceptors (Lipinski definition) is 3. The Hall–Kier alpha value is -1.53. The van der Waals surface area contributed by atoms with Gasteiger partial charge >= 0.3 is 0 Å². The molecular weight excluding hydrogens is 233 g/mol. The lowest BCUT2D eigenvalue weighted by Gasteiger charge is -2.11. The van der Waals surface area contributed by atoms with Gasteiger partial charge in [0.2, 0.25) is 0 Å². The van der Waals surface area contributed by atoms with Crippen LogP contribution in [0.25, 0.3) is 5.70 Å². The van der Waals surface area contributed by atoms with E-state index in [1.165, 1.54) is 12.1 Å². The van der Waals surface area contributed by atoms with Crippen molar-refractivity contribution in [1.29, 1.82) is 0 Å². The van der Waals surface area contributed by atoms with Gasteiger partial charge in [-0.2, -0.15) is 8.78 Å². The summed E-state index contributed by atoms with van der Waals surface area (Å²) in [6, 6.07) is 7.89. The molecule has 0 saturated heterocycles. The summed E-state index contributed by atoms with van der Waals surface area (Å²) in [6.07, 6.45) is -3.32. The highest BCUT2D eigenvalue weighted by molar-refractivity contribution is 5.63. The molecule has 6 heteroatoms. The maximum absolute atomic E-state index is 12.7. The van der Waals surface area contributed by atoms with Crippen LogP contribution in [0.3, 0.4) is 0 Å². The van der Waals surface area contributed by atoms with Crippen LogP contribution in [0.4, 0.5) is 13.2 Å². The average Bonchev–Trinajstić information content (AvgIpc) is 2.34.